The number of nitrogens with two attached hydrogens (primary N) is 1. The van der Waals surface area contributed by atoms with Gasteiger partial charge >= 0.3 is 0 Å². The molecular weight excluding hydrogens is 230 g/mol. The molecule has 0 unspecified atom stereocenters. The predicted octanol–water partition coefficient (Wildman–Crippen LogP) is 2.72. The molecule has 0 aliphatic heterocycles. The Morgan fingerprint density at radius 2 is 2.17 bits per heavy atom. The second-order valence-corrected chi connectivity index (χ2v) is 4.15. The van der Waals surface area contributed by atoms with Crippen LogP contribution in [-0.2, 0) is 0 Å². The van der Waals surface area contributed by atoms with E-state index in [1.807, 2.05) is 25.1 Å². The first-order valence-electron chi connectivity index (χ1n) is 5.58. The number of hydrogen-bond acceptors (Lipinski definition) is 4. The Hall–Kier alpha value is -2.43. The SMILES string of the molecule is COc1ccc2[nH]c(C)c(-c3cc(N)no3)c2c1. The van der Waals surface area contributed by atoms with E-state index in [2.05, 4.69) is 10.1 Å². The Morgan fingerprint density at radius 1 is 1.33 bits per heavy atom. The maximum Gasteiger partial charge on any atom is 0.171 e. The standard InChI is InChI=1S/C13H13N3O2/c1-7-13(11-6-12(14)16-18-11)9-5-8(17-2)3-4-10(9)15-7/h3-6,15H,1-2H3,(H2,14,16). The van der Waals surface area contributed by atoms with E-state index in [9.17, 15) is 0 Å². The van der Waals surface area contributed by atoms with Crippen LogP contribution in [0.5, 0.6) is 5.75 Å². The zero-order valence-electron chi connectivity index (χ0n) is 10.2. The molecule has 5 nitrogen and oxygen atoms in total. The molecule has 0 amide bonds. The van der Waals surface area contributed by atoms with Crippen molar-refractivity contribution in [3.63, 3.8) is 0 Å². The molecule has 0 saturated carbocycles. The summed E-state index contributed by atoms with van der Waals surface area (Å²) in [5.41, 5.74) is 8.60. The van der Waals surface area contributed by atoms with E-state index in [0.29, 0.717) is 11.6 Å². The highest BCUT2D eigenvalue weighted by atomic mass is 16.5. The molecule has 0 spiro atoms. The molecule has 0 bridgehead atoms. The van der Waals surface area contributed by atoms with E-state index in [1.54, 1.807) is 13.2 Å². The van der Waals surface area contributed by atoms with Crippen LogP contribution >= 0.6 is 0 Å². The molecule has 2 aromatic heterocycles. The molecule has 2 heterocycles. The Kier molecular flexibility index (Phi) is 2.26. The van der Waals surface area contributed by atoms with Crippen molar-refractivity contribution in [2.75, 3.05) is 12.8 Å². The number of benzene rings is 1. The fourth-order valence-corrected chi connectivity index (χ4v) is 2.16. The van der Waals surface area contributed by atoms with Gasteiger partial charge in [-0.15, -0.1) is 0 Å². The van der Waals surface area contributed by atoms with Crippen LogP contribution < -0.4 is 10.5 Å². The zero-order chi connectivity index (χ0) is 12.7. The number of methoxy groups -OCH3 is 1. The molecule has 3 aromatic rings. The smallest absolute Gasteiger partial charge is 0.171 e. The van der Waals surface area contributed by atoms with Crippen LogP contribution in [0.2, 0.25) is 0 Å². The molecule has 0 fully saturated rings. The van der Waals surface area contributed by atoms with Crippen molar-refractivity contribution in [1.29, 1.82) is 0 Å². The van der Waals surface area contributed by atoms with E-state index in [1.165, 1.54) is 0 Å². The third-order valence-electron chi connectivity index (χ3n) is 2.97. The van der Waals surface area contributed by atoms with Crippen molar-refractivity contribution in [3.8, 4) is 17.1 Å². The number of aromatic nitrogens is 2. The molecule has 18 heavy (non-hydrogen) atoms. The summed E-state index contributed by atoms with van der Waals surface area (Å²) < 4.78 is 10.5. The Bertz CT molecular complexity index is 712. The van der Waals surface area contributed by atoms with Gasteiger partial charge in [0.2, 0.25) is 0 Å². The van der Waals surface area contributed by atoms with Crippen molar-refractivity contribution in [2.24, 2.45) is 0 Å². The van der Waals surface area contributed by atoms with Gasteiger partial charge in [-0.1, -0.05) is 5.16 Å². The summed E-state index contributed by atoms with van der Waals surface area (Å²) in [6, 6.07) is 7.57. The largest absolute Gasteiger partial charge is 0.497 e. The van der Waals surface area contributed by atoms with Gasteiger partial charge in [0.1, 0.15) is 5.75 Å². The highest BCUT2D eigenvalue weighted by molar-refractivity contribution is 5.97. The van der Waals surface area contributed by atoms with Gasteiger partial charge in [0.15, 0.2) is 11.6 Å². The molecule has 0 aliphatic carbocycles. The Labute approximate surface area is 104 Å². The number of fused-ring (bicyclic) bond motifs is 1. The number of aryl methyl sites for hydroxylation is 1. The molecular formula is C13H13N3O2. The maximum absolute atomic E-state index is 5.60. The van der Waals surface area contributed by atoms with Gasteiger partial charge in [0, 0.05) is 28.2 Å². The number of nitrogens with zero attached hydrogens (tertiary/aromatic N) is 1. The zero-order valence-corrected chi connectivity index (χ0v) is 10.2. The van der Waals surface area contributed by atoms with E-state index >= 15 is 0 Å². The van der Waals surface area contributed by atoms with E-state index < -0.39 is 0 Å². The summed E-state index contributed by atoms with van der Waals surface area (Å²) in [6.07, 6.45) is 0. The van der Waals surface area contributed by atoms with E-state index in [0.717, 1.165) is 27.9 Å². The topological polar surface area (TPSA) is 77.1 Å². The first kappa shape index (κ1) is 10.7. The number of aromatic amines is 1. The van der Waals surface area contributed by atoms with Crippen LogP contribution in [0.4, 0.5) is 5.82 Å². The van der Waals surface area contributed by atoms with Gasteiger partial charge in [-0.2, -0.15) is 0 Å². The number of rotatable bonds is 2. The Balaban J connectivity index is 2.29. The third kappa shape index (κ3) is 1.52. The summed E-state index contributed by atoms with van der Waals surface area (Å²) in [5, 5.41) is 4.75. The second-order valence-electron chi connectivity index (χ2n) is 4.15. The second kappa shape index (κ2) is 3.80. The highest BCUT2D eigenvalue weighted by Crippen LogP contribution is 2.34. The van der Waals surface area contributed by atoms with Gasteiger partial charge in [-0.3, -0.25) is 0 Å². The molecule has 3 rings (SSSR count). The lowest BCUT2D eigenvalue weighted by atomic mass is 10.1. The molecule has 0 saturated heterocycles. The van der Waals surface area contributed by atoms with Crippen LogP contribution in [0.3, 0.4) is 0 Å². The normalized spacial score (nSPS) is 11.0. The minimum atomic E-state index is 0.377. The molecule has 0 atom stereocenters. The maximum atomic E-state index is 5.60. The average molecular weight is 243 g/mol. The fourth-order valence-electron chi connectivity index (χ4n) is 2.16. The first-order chi connectivity index (χ1) is 8.69. The minimum absolute atomic E-state index is 0.377. The van der Waals surface area contributed by atoms with Crippen LogP contribution in [0.15, 0.2) is 28.8 Å². The van der Waals surface area contributed by atoms with Crippen molar-refractivity contribution in [2.45, 2.75) is 6.92 Å². The molecule has 0 radical (unpaired) electrons. The van der Waals surface area contributed by atoms with Gasteiger partial charge in [-0.25, -0.2) is 0 Å². The number of H-pyrrole nitrogens is 1. The van der Waals surface area contributed by atoms with Crippen LogP contribution in [-0.4, -0.2) is 17.3 Å². The minimum Gasteiger partial charge on any atom is -0.497 e. The summed E-state index contributed by atoms with van der Waals surface area (Å²) in [7, 11) is 1.65. The van der Waals surface area contributed by atoms with Gasteiger partial charge in [0.05, 0.1) is 7.11 Å². The van der Waals surface area contributed by atoms with Crippen molar-refractivity contribution >= 4 is 16.7 Å². The summed E-state index contributed by atoms with van der Waals surface area (Å²) >= 11 is 0. The first-order valence-corrected chi connectivity index (χ1v) is 5.58. The third-order valence-corrected chi connectivity index (χ3v) is 2.97. The predicted molar refractivity (Wildman–Crippen MR) is 69.5 cm³/mol. The molecule has 3 N–H and O–H groups in total. The average Bonchev–Trinajstić information content (AvgIpc) is 2.90. The van der Waals surface area contributed by atoms with Gasteiger partial charge in [0.25, 0.3) is 0 Å². The van der Waals surface area contributed by atoms with Crippen LogP contribution in [0, 0.1) is 6.92 Å². The number of ether oxygens (including phenoxy) is 1. The van der Waals surface area contributed by atoms with E-state index in [-0.39, 0.29) is 0 Å². The summed E-state index contributed by atoms with van der Waals surface area (Å²) in [4.78, 5) is 3.30. The summed E-state index contributed by atoms with van der Waals surface area (Å²) in [6.45, 7) is 1.99. The quantitative estimate of drug-likeness (QED) is 0.725. The Morgan fingerprint density at radius 3 is 2.83 bits per heavy atom. The van der Waals surface area contributed by atoms with Gasteiger partial charge < -0.3 is 20.0 Å². The fraction of sp³-hybridized carbons (Fsp3) is 0.154. The van der Waals surface area contributed by atoms with E-state index in [4.69, 9.17) is 15.0 Å². The van der Waals surface area contributed by atoms with Crippen molar-refractivity contribution < 1.29 is 9.26 Å². The van der Waals surface area contributed by atoms with Crippen molar-refractivity contribution in [3.05, 3.63) is 30.0 Å². The van der Waals surface area contributed by atoms with Gasteiger partial charge in [-0.05, 0) is 25.1 Å². The number of anilines is 1. The molecule has 0 aliphatic rings. The number of nitrogens with one attached hydrogen (secondary N) is 1. The monoisotopic (exact) mass is 243 g/mol. The lowest BCUT2D eigenvalue weighted by molar-refractivity contribution is 0.415. The number of hydrogen-bond donors (Lipinski definition) is 2. The van der Waals surface area contributed by atoms with Crippen LogP contribution in [0.25, 0.3) is 22.2 Å². The number of nitrogen functional groups attached to an aromatic ring is 1. The molecule has 1 aromatic carbocycles. The highest BCUT2D eigenvalue weighted by Gasteiger charge is 2.15. The van der Waals surface area contributed by atoms with Crippen molar-refractivity contribution in [1.82, 2.24) is 10.1 Å². The lowest BCUT2D eigenvalue weighted by Crippen LogP contribution is -1.82. The lowest BCUT2D eigenvalue weighted by Gasteiger charge is -2.00. The summed E-state index contributed by atoms with van der Waals surface area (Å²) in [5.74, 6) is 1.83. The van der Waals surface area contributed by atoms with Crippen LogP contribution in [0.1, 0.15) is 5.69 Å². The molecule has 92 valence electrons. The molecule has 5 heteroatoms.